The molecular formula is C19H16F3NO3S. The summed E-state index contributed by atoms with van der Waals surface area (Å²) in [5.74, 6) is -0.634. The topological polar surface area (TPSA) is 42.7 Å². The molecule has 0 aliphatic rings. The predicted molar refractivity (Wildman–Crippen MR) is 94.6 cm³/mol. The van der Waals surface area contributed by atoms with Crippen LogP contribution in [0.2, 0.25) is 0 Å². The van der Waals surface area contributed by atoms with Gasteiger partial charge in [0.05, 0.1) is 12.5 Å². The molecule has 0 fully saturated rings. The molecule has 3 rings (SSSR count). The fourth-order valence-corrected chi connectivity index (χ4v) is 3.24. The van der Waals surface area contributed by atoms with Crippen LogP contribution in [-0.4, -0.2) is 23.7 Å². The summed E-state index contributed by atoms with van der Waals surface area (Å²) in [7, 11) is 0. The average Bonchev–Trinajstić information content (AvgIpc) is 3.31. The molecule has 4 nitrogen and oxygen atoms in total. The molecule has 0 bridgehead atoms. The zero-order valence-corrected chi connectivity index (χ0v) is 14.9. The number of furan rings is 1. The van der Waals surface area contributed by atoms with Crippen molar-refractivity contribution in [2.45, 2.75) is 19.3 Å². The van der Waals surface area contributed by atoms with E-state index in [2.05, 4.69) is 4.74 Å². The molecular weight excluding hydrogens is 379 g/mol. The molecule has 2 heterocycles. The second-order valence-corrected chi connectivity index (χ2v) is 6.79. The molecule has 1 aromatic carbocycles. The highest BCUT2D eigenvalue weighted by atomic mass is 32.1. The van der Waals surface area contributed by atoms with Gasteiger partial charge in [-0.15, -0.1) is 24.5 Å². The van der Waals surface area contributed by atoms with E-state index in [9.17, 15) is 18.0 Å². The number of ether oxygens (including phenoxy) is 1. The van der Waals surface area contributed by atoms with Crippen molar-refractivity contribution in [3.8, 4) is 5.75 Å². The van der Waals surface area contributed by atoms with E-state index >= 15 is 0 Å². The average molecular weight is 395 g/mol. The van der Waals surface area contributed by atoms with Crippen LogP contribution in [0.4, 0.5) is 13.2 Å². The molecule has 27 heavy (non-hydrogen) atoms. The molecule has 0 aliphatic heterocycles. The largest absolute Gasteiger partial charge is 0.573 e. The molecule has 0 aliphatic carbocycles. The number of alkyl halides is 3. The van der Waals surface area contributed by atoms with E-state index in [1.807, 2.05) is 17.5 Å². The molecule has 0 atom stereocenters. The summed E-state index contributed by atoms with van der Waals surface area (Å²) in [5, 5.41) is 1.97. The first-order valence-corrected chi connectivity index (χ1v) is 8.97. The molecule has 1 amide bonds. The minimum atomic E-state index is -4.76. The number of carbonyl (C=O) groups excluding carboxylic acids is 1. The summed E-state index contributed by atoms with van der Waals surface area (Å²) in [6, 6.07) is 10.6. The lowest BCUT2D eigenvalue weighted by Crippen LogP contribution is -2.32. The van der Waals surface area contributed by atoms with Gasteiger partial charge in [-0.25, -0.2) is 0 Å². The molecule has 142 valence electrons. The Bertz CT molecular complexity index is 843. The molecule has 0 spiro atoms. The second-order valence-electron chi connectivity index (χ2n) is 5.76. The summed E-state index contributed by atoms with van der Waals surface area (Å²) in [5.41, 5.74) is 1.13. The Morgan fingerprint density at radius 3 is 2.52 bits per heavy atom. The van der Waals surface area contributed by atoms with E-state index in [1.54, 1.807) is 28.6 Å². The molecule has 0 unspecified atom stereocenters. The minimum absolute atomic E-state index is 0.272. The normalized spacial score (nSPS) is 11.4. The molecule has 2 aromatic heterocycles. The Kier molecular flexibility index (Phi) is 5.85. The van der Waals surface area contributed by atoms with Crippen molar-refractivity contribution in [3.05, 3.63) is 76.4 Å². The molecule has 0 N–H and O–H groups in total. The van der Waals surface area contributed by atoms with Gasteiger partial charge in [0.25, 0.3) is 5.91 Å². The summed E-state index contributed by atoms with van der Waals surface area (Å²) in [6.45, 7) is 0.826. The number of halogens is 3. The van der Waals surface area contributed by atoms with E-state index in [4.69, 9.17) is 4.42 Å². The number of hydrogen-bond acceptors (Lipinski definition) is 4. The van der Waals surface area contributed by atoms with Crippen molar-refractivity contribution in [2.75, 3.05) is 6.54 Å². The van der Waals surface area contributed by atoms with Crippen molar-refractivity contribution in [1.29, 1.82) is 0 Å². The van der Waals surface area contributed by atoms with Crippen LogP contribution >= 0.6 is 11.3 Å². The first-order chi connectivity index (χ1) is 12.9. The monoisotopic (exact) mass is 395 g/mol. The third-order valence-corrected chi connectivity index (χ3v) is 4.72. The fraction of sp³-hybridized carbons (Fsp3) is 0.211. The number of thiophene rings is 1. The van der Waals surface area contributed by atoms with Crippen molar-refractivity contribution in [3.63, 3.8) is 0 Å². The van der Waals surface area contributed by atoms with Gasteiger partial charge in [0.15, 0.2) is 0 Å². The maximum Gasteiger partial charge on any atom is 0.573 e. The highest BCUT2D eigenvalue weighted by Gasteiger charge is 2.31. The van der Waals surface area contributed by atoms with Gasteiger partial charge in [0.1, 0.15) is 5.75 Å². The van der Waals surface area contributed by atoms with Gasteiger partial charge in [-0.05, 0) is 48.2 Å². The molecule has 0 saturated carbocycles. The second kappa shape index (κ2) is 8.30. The predicted octanol–water partition coefficient (Wildman–Crippen LogP) is 5.12. The van der Waals surface area contributed by atoms with Gasteiger partial charge in [0, 0.05) is 29.1 Å². The lowest BCUT2D eigenvalue weighted by Gasteiger charge is -2.22. The van der Waals surface area contributed by atoms with Crippen LogP contribution < -0.4 is 4.74 Å². The standard InChI is InChI=1S/C19H16F3NO3S/c20-19(21,22)26-16-5-3-15(4-6-16)18(24)23(12-14-8-10-25-13-14)9-7-17-2-1-11-27-17/h1-6,8,10-11,13H,7,9,12H2. The highest BCUT2D eigenvalue weighted by Crippen LogP contribution is 2.23. The minimum Gasteiger partial charge on any atom is -0.472 e. The zero-order valence-electron chi connectivity index (χ0n) is 14.1. The molecule has 3 aromatic rings. The Labute approximate surface area is 157 Å². The lowest BCUT2D eigenvalue weighted by molar-refractivity contribution is -0.274. The number of hydrogen-bond donors (Lipinski definition) is 0. The quantitative estimate of drug-likeness (QED) is 0.557. The van der Waals surface area contributed by atoms with Gasteiger partial charge in [0.2, 0.25) is 0 Å². The Balaban J connectivity index is 1.72. The van der Waals surface area contributed by atoms with Gasteiger partial charge in [-0.1, -0.05) is 6.07 Å². The van der Waals surface area contributed by atoms with Crippen LogP contribution in [0.15, 0.2) is 64.8 Å². The van der Waals surface area contributed by atoms with Crippen LogP contribution in [0.25, 0.3) is 0 Å². The van der Waals surface area contributed by atoms with Crippen molar-refractivity contribution in [2.24, 2.45) is 0 Å². The smallest absolute Gasteiger partial charge is 0.472 e. The van der Waals surface area contributed by atoms with Crippen LogP contribution in [-0.2, 0) is 13.0 Å². The SMILES string of the molecule is O=C(c1ccc(OC(F)(F)F)cc1)N(CCc1cccs1)Cc1ccoc1. The fourth-order valence-electron chi connectivity index (χ4n) is 2.54. The Hall–Kier alpha value is -2.74. The van der Waals surface area contributed by atoms with E-state index in [-0.39, 0.29) is 11.7 Å². The van der Waals surface area contributed by atoms with Crippen LogP contribution in [0.5, 0.6) is 5.75 Å². The Morgan fingerprint density at radius 2 is 1.93 bits per heavy atom. The van der Waals surface area contributed by atoms with Gasteiger partial charge in [-0.2, -0.15) is 0 Å². The van der Waals surface area contributed by atoms with Gasteiger partial charge in [-0.3, -0.25) is 4.79 Å². The highest BCUT2D eigenvalue weighted by molar-refractivity contribution is 7.09. The first-order valence-electron chi connectivity index (χ1n) is 8.09. The number of amides is 1. The van der Waals surface area contributed by atoms with Gasteiger partial charge < -0.3 is 14.1 Å². The number of carbonyl (C=O) groups is 1. The van der Waals surface area contributed by atoms with E-state index in [1.165, 1.54) is 18.4 Å². The third-order valence-electron chi connectivity index (χ3n) is 3.78. The van der Waals surface area contributed by atoms with E-state index in [0.29, 0.717) is 25.1 Å². The van der Waals surface area contributed by atoms with E-state index < -0.39 is 6.36 Å². The van der Waals surface area contributed by atoms with Crippen molar-refractivity contribution >= 4 is 17.2 Å². The Morgan fingerprint density at radius 1 is 1.15 bits per heavy atom. The van der Waals surface area contributed by atoms with Crippen molar-refractivity contribution < 1.29 is 27.1 Å². The maximum absolute atomic E-state index is 12.9. The van der Waals surface area contributed by atoms with E-state index in [0.717, 1.165) is 22.6 Å². The van der Waals surface area contributed by atoms with Gasteiger partial charge >= 0.3 is 6.36 Å². The number of nitrogens with zero attached hydrogens (tertiary/aromatic N) is 1. The summed E-state index contributed by atoms with van der Waals surface area (Å²) in [4.78, 5) is 15.7. The van der Waals surface area contributed by atoms with Crippen LogP contribution in [0.3, 0.4) is 0 Å². The summed E-state index contributed by atoms with van der Waals surface area (Å²) < 4.78 is 45.7. The molecule has 0 radical (unpaired) electrons. The summed E-state index contributed by atoms with van der Waals surface area (Å²) in [6.07, 6.45) is -0.984. The van der Waals surface area contributed by atoms with Crippen LogP contribution in [0, 0.1) is 0 Å². The molecule has 8 heteroatoms. The number of rotatable bonds is 7. The zero-order chi connectivity index (χ0) is 19.3. The van der Waals surface area contributed by atoms with Crippen LogP contribution in [0.1, 0.15) is 20.8 Å². The number of benzene rings is 1. The molecule has 0 saturated heterocycles. The third kappa shape index (κ3) is 5.62. The van der Waals surface area contributed by atoms with Crippen molar-refractivity contribution in [1.82, 2.24) is 4.90 Å². The maximum atomic E-state index is 12.9. The summed E-state index contributed by atoms with van der Waals surface area (Å²) >= 11 is 1.61. The first kappa shape index (κ1) is 19.0. The lowest BCUT2D eigenvalue weighted by atomic mass is 10.1.